The molecule has 0 bridgehead atoms. The molecule has 0 heterocycles. The van der Waals surface area contributed by atoms with Gasteiger partial charge in [0.15, 0.2) is 5.78 Å². The Balaban J connectivity index is 1.89. The monoisotopic (exact) mass is 283 g/mol. The van der Waals surface area contributed by atoms with Gasteiger partial charge in [-0.3, -0.25) is 4.79 Å². The van der Waals surface area contributed by atoms with Crippen molar-refractivity contribution in [1.82, 2.24) is 0 Å². The van der Waals surface area contributed by atoms with E-state index in [1.54, 1.807) is 12.1 Å². The van der Waals surface area contributed by atoms with E-state index >= 15 is 0 Å². The molecule has 2 aromatic rings. The Morgan fingerprint density at radius 1 is 1.10 bits per heavy atom. The predicted octanol–water partition coefficient (Wildman–Crippen LogP) is 3.75. The fourth-order valence-electron chi connectivity index (χ4n) is 2.20. The minimum Gasteiger partial charge on any atom is -0.494 e. The standard InChI is InChI=1S/C18H21NO2/c1-2-21-16-10-8-15(9-11-16)18(20)13-12-17(19)14-6-4-3-5-7-14/h3-11,17H,2,12-13,19H2,1H3. The molecule has 2 aromatic carbocycles. The molecular formula is C18H21NO2. The second-order valence-corrected chi connectivity index (χ2v) is 4.94. The van der Waals surface area contributed by atoms with E-state index < -0.39 is 0 Å². The van der Waals surface area contributed by atoms with Gasteiger partial charge < -0.3 is 10.5 Å². The first-order chi connectivity index (χ1) is 10.2. The van der Waals surface area contributed by atoms with Crippen LogP contribution in [0.25, 0.3) is 0 Å². The molecule has 0 saturated carbocycles. The lowest BCUT2D eigenvalue weighted by molar-refractivity contribution is 0.0977. The smallest absolute Gasteiger partial charge is 0.162 e. The second-order valence-electron chi connectivity index (χ2n) is 4.94. The SMILES string of the molecule is CCOc1ccc(C(=O)CCC(N)c2ccccc2)cc1. The van der Waals surface area contributed by atoms with E-state index in [-0.39, 0.29) is 11.8 Å². The van der Waals surface area contributed by atoms with Gasteiger partial charge in [0.2, 0.25) is 0 Å². The summed E-state index contributed by atoms with van der Waals surface area (Å²) in [6.45, 7) is 2.56. The van der Waals surface area contributed by atoms with E-state index in [0.717, 1.165) is 11.3 Å². The van der Waals surface area contributed by atoms with Crippen molar-refractivity contribution >= 4 is 5.78 Å². The Kier molecular flexibility index (Phi) is 5.52. The summed E-state index contributed by atoms with van der Waals surface area (Å²) in [7, 11) is 0. The number of ketones is 1. The van der Waals surface area contributed by atoms with Crippen LogP contribution in [-0.2, 0) is 0 Å². The number of hydrogen-bond acceptors (Lipinski definition) is 3. The van der Waals surface area contributed by atoms with Crippen LogP contribution in [0.5, 0.6) is 5.75 Å². The maximum absolute atomic E-state index is 12.2. The third kappa shape index (κ3) is 4.43. The van der Waals surface area contributed by atoms with Gasteiger partial charge in [-0.15, -0.1) is 0 Å². The van der Waals surface area contributed by atoms with E-state index in [1.165, 1.54) is 0 Å². The fraction of sp³-hybridized carbons (Fsp3) is 0.278. The number of Topliss-reactive ketones (excluding diaryl/α,β-unsaturated/α-hetero) is 1. The van der Waals surface area contributed by atoms with Crippen LogP contribution < -0.4 is 10.5 Å². The summed E-state index contributed by atoms with van der Waals surface area (Å²) in [5, 5.41) is 0. The molecule has 21 heavy (non-hydrogen) atoms. The van der Waals surface area contributed by atoms with Crippen molar-refractivity contribution in [2.24, 2.45) is 5.73 Å². The molecule has 0 radical (unpaired) electrons. The van der Waals surface area contributed by atoms with Crippen molar-refractivity contribution in [3.8, 4) is 5.75 Å². The Bertz CT molecular complexity index is 564. The van der Waals surface area contributed by atoms with Crippen LogP contribution in [0.4, 0.5) is 0 Å². The molecule has 0 aliphatic rings. The molecule has 0 aromatic heterocycles. The van der Waals surface area contributed by atoms with Gasteiger partial charge >= 0.3 is 0 Å². The van der Waals surface area contributed by atoms with Crippen molar-refractivity contribution in [3.63, 3.8) is 0 Å². The van der Waals surface area contributed by atoms with Crippen LogP contribution in [-0.4, -0.2) is 12.4 Å². The third-order valence-electron chi connectivity index (χ3n) is 3.40. The summed E-state index contributed by atoms with van der Waals surface area (Å²) in [4.78, 5) is 12.2. The summed E-state index contributed by atoms with van der Waals surface area (Å²) in [5.41, 5.74) is 7.89. The van der Waals surface area contributed by atoms with Crippen molar-refractivity contribution < 1.29 is 9.53 Å². The molecule has 2 rings (SSSR count). The number of nitrogens with two attached hydrogens (primary N) is 1. The maximum atomic E-state index is 12.2. The molecule has 0 fully saturated rings. The van der Waals surface area contributed by atoms with E-state index in [1.807, 2.05) is 49.4 Å². The molecule has 2 N–H and O–H groups in total. The van der Waals surface area contributed by atoms with Crippen LogP contribution in [0.1, 0.15) is 41.7 Å². The van der Waals surface area contributed by atoms with Gasteiger partial charge in [-0.1, -0.05) is 30.3 Å². The van der Waals surface area contributed by atoms with Gasteiger partial charge in [0, 0.05) is 18.0 Å². The number of hydrogen-bond donors (Lipinski definition) is 1. The van der Waals surface area contributed by atoms with Crippen molar-refractivity contribution in [2.75, 3.05) is 6.61 Å². The molecule has 110 valence electrons. The molecule has 0 aliphatic carbocycles. The number of benzene rings is 2. The first-order valence-electron chi connectivity index (χ1n) is 7.27. The Labute approximate surface area is 125 Å². The van der Waals surface area contributed by atoms with Crippen LogP contribution in [0.2, 0.25) is 0 Å². The van der Waals surface area contributed by atoms with Gasteiger partial charge in [0.1, 0.15) is 5.75 Å². The van der Waals surface area contributed by atoms with E-state index in [0.29, 0.717) is 25.0 Å². The fourth-order valence-corrected chi connectivity index (χ4v) is 2.20. The highest BCUT2D eigenvalue weighted by Gasteiger charge is 2.10. The normalized spacial score (nSPS) is 11.9. The van der Waals surface area contributed by atoms with E-state index in [2.05, 4.69) is 0 Å². The van der Waals surface area contributed by atoms with Gasteiger partial charge in [-0.05, 0) is 43.2 Å². The molecular weight excluding hydrogens is 262 g/mol. The van der Waals surface area contributed by atoms with Crippen molar-refractivity contribution in [2.45, 2.75) is 25.8 Å². The zero-order valence-corrected chi connectivity index (χ0v) is 12.3. The summed E-state index contributed by atoms with van der Waals surface area (Å²) < 4.78 is 5.37. The molecule has 1 unspecified atom stereocenters. The predicted molar refractivity (Wildman–Crippen MR) is 84.5 cm³/mol. The maximum Gasteiger partial charge on any atom is 0.162 e. The molecule has 0 spiro atoms. The minimum atomic E-state index is -0.0992. The Morgan fingerprint density at radius 3 is 2.38 bits per heavy atom. The van der Waals surface area contributed by atoms with Gasteiger partial charge in [0.05, 0.1) is 6.61 Å². The zero-order valence-electron chi connectivity index (χ0n) is 12.3. The second kappa shape index (κ2) is 7.60. The molecule has 1 atom stereocenters. The first kappa shape index (κ1) is 15.3. The van der Waals surface area contributed by atoms with Gasteiger partial charge in [0.25, 0.3) is 0 Å². The molecule has 0 aliphatic heterocycles. The van der Waals surface area contributed by atoms with E-state index in [4.69, 9.17) is 10.5 Å². The summed E-state index contributed by atoms with van der Waals surface area (Å²) in [6, 6.07) is 17.0. The van der Waals surface area contributed by atoms with Crippen molar-refractivity contribution in [3.05, 3.63) is 65.7 Å². The molecule has 3 heteroatoms. The average Bonchev–Trinajstić information content (AvgIpc) is 2.54. The summed E-state index contributed by atoms with van der Waals surface area (Å²) in [6.07, 6.45) is 1.10. The van der Waals surface area contributed by atoms with E-state index in [9.17, 15) is 4.79 Å². The lowest BCUT2D eigenvalue weighted by Crippen LogP contribution is -2.12. The van der Waals surface area contributed by atoms with Gasteiger partial charge in [-0.2, -0.15) is 0 Å². The molecule has 0 saturated heterocycles. The minimum absolute atomic E-state index is 0.0992. The highest BCUT2D eigenvalue weighted by Crippen LogP contribution is 2.18. The number of carbonyl (C=O) groups excluding carboxylic acids is 1. The number of carbonyl (C=O) groups is 1. The highest BCUT2D eigenvalue weighted by atomic mass is 16.5. The Morgan fingerprint density at radius 2 is 1.76 bits per heavy atom. The largest absolute Gasteiger partial charge is 0.494 e. The lowest BCUT2D eigenvalue weighted by Gasteiger charge is -2.11. The van der Waals surface area contributed by atoms with Crippen LogP contribution in [0, 0.1) is 0 Å². The zero-order chi connectivity index (χ0) is 15.1. The number of ether oxygens (including phenoxy) is 1. The highest BCUT2D eigenvalue weighted by molar-refractivity contribution is 5.96. The van der Waals surface area contributed by atoms with Crippen LogP contribution >= 0.6 is 0 Å². The summed E-state index contributed by atoms with van der Waals surface area (Å²) in [5.74, 6) is 0.902. The molecule has 0 amide bonds. The average molecular weight is 283 g/mol. The van der Waals surface area contributed by atoms with Crippen LogP contribution in [0.15, 0.2) is 54.6 Å². The lowest BCUT2D eigenvalue weighted by atomic mass is 9.99. The van der Waals surface area contributed by atoms with Crippen LogP contribution in [0.3, 0.4) is 0 Å². The quantitative estimate of drug-likeness (QED) is 0.787. The number of rotatable bonds is 7. The topological polar surface area (TPSA) is 52.3 Å². The molecule has 3 nitrogen and oxygen atoms in total. The third-order valence-corrected chi connectivity index (χ3v) is 3.40. The first-order valence-corrected chi connectivity index (χ1v) is 7.27. The summed E-state index contributed by atoms with van der Waals surface area (Å²) >= 11 is 0. The van der Waals surface area contributed by atoms with Gasteiger partial charge in [-0.25, -0.2) is 0 Å². The Hall–Kier alpha value is -2.13. The van der Waals surface area contributed by atoms with Crippen molar-refractivity contribution in [1.29, 1.82) is 0 Å².